The standard InChI is InChI=1S/C24H26N4O3/c1-2-30-19-8-10-20(11-9-19)31-22-14-17(12-13-25-22)15-26-24(29)21-16-27-28-23(21)18-6-4-3-5-7-18/h3-14,21,23,27-28H,2,15-16H2,1H3,(H,26,29). The molecule has 1 saturated heterocycles. The molecule has 7 nitrogen and oxygen atoms in total. The number of nitrogens with zero attached hydrogens (tertiary/aromatic N) is 1. The summed E-state index contributed by atoms with van der Waals surface area (Å²) < 4.78 is 11.3. The van der Waals surface area contributed by atoms with Gasteiger partial charge in [-0.3, -0.25) is 10.2 Å². The minimum atomic E-state index is -0.191. The second-order valence-electron chi connectivity index (χ2n) is 7.25. The fraction of sp³-hybridized carbons (Fsp3) is 0.250. The van der Waals surface area contributed by atoms with Crippen LogP contribution in [0, 0.1) is 5.92 Å². The van der Waals surface area contributed by atoms with Gasteiger partial charge in [0.25, 0.3) is 0 Å². The van der Waals surface area contributed by atoms with Crippen molar-refractivity contribution in [1.29, 1.82) is 0 Å². The molecule has 1 aromatic heterocycles. The number of nitrogens with one attached hydrogen (secondary N) is 3. The van der Waals surface area contributed by atoms with Crippen molar-refractivity contribution in [1.82, 2.24) is 21.2 Å². The van der Waals surface area contributed by atoms with Crippen molar-refractivity contribution in [3.05, 3.63) is 84.1 Å². The van der Waals surface area contributed by atoms with Gasteiger partial charge in [0.05, 0.1) is 18.6 Å². The molecule has 1 aliphatic heterocycles. The lowest BCUT2D eigenvalue weighted by Crippen LogP contribution is -2.34. The molecule has 1 fully saturated rings. The number of carbonyl (C=O) groups excluding carboxylic acids is 1. The molecule has 0 spiro atoms. The molecule has 0 bridgehead atoms. The molecule has 2 atom stereocenters. The van der Waals surface area contributed by atoms with Crippen LogP contribution < -0.4 is 25.6 Å². The third-order valence-corrected chi connectivity index (χ3v) is 5.10. The van der Waals surface area contributed by atoms with E-state index in [1.165, 1.54) is 0 Å². The minimum Gasteiger partial charge on any atom is -0.494 e. The van der Waals surface area contributed by atoms with E-state index in [9.17, 15) is 4.79 Å². The lowest BCUT2D eigenvalue weighted by Gasteiger charge is -2.18. The van der Waals surface area contributed by atoms with Crippen molar-refractivity contribution in [3.8, 4) is 17.4 Å². The lowest BCUT2D eigenvalue weighted by atomic mass is 9.94. The number of amides is 1. The Labute approximate surface area is 181 Å². The predicted octanol–water partition coefficient (Wildman–Crippen LogP) is 3.35. The number of pyridine rings is 1. The van der Waals surface area contributed by atoms with E-state index >= 15 is 0 Å². The molecule has 3 aromatic rings. The van der Waals surface area contributed by atoms with Crippen molar-refractivity contribution in [2.24, 2.45) is 5.92 Å². The Kier molecular flexibility index (Phi) is 6.76. The van der Waals surface area contributed by atoms with E-state index in [1.54, 1.807) is 6.20 Å². The number of benzene rings is 2. The SMILES string of the molecule is CCOc1ccc(Oc2cc(CNC(=O)C3CNNC3c3ccccc3)ccn2)cc1. The highest BCUT2D eigenvalue weighted by Gasteiger charge is 2.33. The molecule has 7 heteroatoms. The molecule has 2 aromatic carbocycles. The highest BCUT2D eigenvalue weighted by atomic mass is 16.5. The molecule has 3 N–H and O–H groups in total. The number of hydrazine groups is 1. The summed E-state index contributed by atoms with van der Waals surface area (Å²) in [4.78, 5) is 17.1. The van der Waals surface area contributed by atoms with Crippen LogP contribution in [-0.4, -0.2) is 24.0 Å². The van der Waals surface area contributed by atoms with Gasteiger partial charge in [-0.15, -0.1) is 0 Å². The summed E-state index contributed by atoms with van der Waals surface area (Å²) >= 11 is 0. The first kappa shape index (κ1) is 20.8. The monoisotopic (exact) mass is 418 g/mol. The van der Waals surface area contributed by atoms with Crippen LogP contribution in [0.1, 0.15) is 24.1 Å². The maximum Gasteiger partial charge on any atom is 0.226 e. The summed E-state index contributed by atoms with van der Waals surface area (Å²) in [5.41, 5.74) is 8.30. The van der Waals surface area contributed by atoms with E-state index in [1.807, 2.05) is 73.7 Å². The summed E-state index contributed by atoms with van der Waals surface area (Å²) in [6.07, 6.45) is 1.68. The molecular weight excluding hydrogens is 392 g/mol. The van der Waals surface area contributed by atoms with Crippen molar-refractivity contribution in [2.45, 2.75) is 19.5 Å². The molecule has 31 heavy (non-hydrogen) atoms. The van der Waals surface area contributed by atoms with Crippen LogP contribution in [0.15, 0.2) is 72.9 Å². The van der Waals surface area contributed by atoms with Crippen LogP contribution in [0.3, 0.4) is 0 Å². The first-order chi connectivity index (χ1) is 15.2. The van der Waals surface area contributed by atoms with Crippen LogP contribution in [-0.2, 0) is 11.3 Å². The number of carbonyl (C=O) groups is 1. The second-order valence-corrected chi connectivity index (χ2v) is 7.25. The van der Waals surface area contributed by atoms with Gasteiger partial charge >= 0.3 is 0 Å². The number of hydrogen-bond donors (Lipinski definition) is 3. The van der Waals surface area contributed by atoms with Crippen molar-refractivity contribution in [3.63, 3.8) is 0 Å². The van der Waals surface area contributed by atoms with Gasteiger partial charge in [0, 0.05) is 25.4 Å². The smallest absolute Gasteiger partial charge is 0.226 e. The number of rotatable bonds is 8. The van der Waals surface area contributed by atoms with E-state index in [-0.39, 0.29) is 17.9 Å². The Hall–Kier alpha value is -3.42. The van der Waals surface area contributed by atoms with Gasteiger partial charge in [0.15, 0.2) is 0 Å². The molecule has 2 heterocycles. The Morgan fingerprint density at radius 3 is 2.65 bits per heavy atom. The third kappa shape index (κ3) is 5.39. The lowest BCUT2D eigenvalue weighted by molar-refractivity contribution is -0.125. The van der Waals surface area contributed by atoms with Gasteiger partial charge in [-0.2, -0.15) is 0 Å². The predicted molar refractivity (Wildman–Crippen MR) is 118 cm³/mol. The van der Waals surface area contributed by atoms with Crippen LogP contribution in [0.25, 0.3) is 0 Å². The molecule has 0 aliphatic carbocycles. The zero-order chi connectivity index (χ0) is 21.5. The maximum atomic E-state index is 12.8. The van der Waals surface area contributed by atoms with E-state index in [0.29, 0.717) is 31.3 Å². The summed E-state index contributed by atoms with van der Waals surface area (Å²) in [5, 5.41) is 3.03. The Morgan fingerprint density at radius 2 is 1.87 bits per heavy atom. The summed E-state index contributed by atoms with van der Waals surface area (Å²) in [5.74, 6) is 1.75. The van der Waals surface area contributed by atoms with Gasteiger partial charge in [-0.05, 0) is 48.4 Å². The average molecular weight is 418 g/mol. The van der Waals surface area contributed by atoms with Crippen LogP contribution in [0.5, 0.6) is 17.4 Å². The van der Waals surface area contributed by atoms with E-state index < -0.39 is 0 Å². The van der Waals surface area contributed by atoms with Crippen molar-refractivity contribution >= 4 is 5.91 Å². The molecule has 2 unspecified atom stereocenters. The molecule has 1 amide bonds. The highest BCUT2D eigenvalue weighted by molar-refractivity contribution is 5.80. The number of ether oxygens (including phenoxy) is 2. The fourth-order valence-corrected chi connectivity index (χ4v) is 3.55. The Bertz CT molecular complexity index is 995. The van der Waals surface area contributed by atoms with Gasteiger partial charge in [-0.1, -0.05) is 30.3 Å². The molecule has 0 saturated carbocycles. The average Bonchev–Trinajstić information content (AvgIpc) is 3.30. The first-order valence-electron chi connectivity index (χ1n) is 10.4. The number of aromatic nitrogens is 1. The topological polar surface area (TPSA) is 84.5 Å². The second kappa shape index (κ2) is 10.1. The van der Waals surface area contributed by atoms with Gasteiger partial charge in [0.1, 0.15) is 11.5 Å². The molecule has 1 aliphatic rings. The van der Waals surface area contributed by atoms with Crippen molar-refractivity contribution in [2.75, 3.05) is 13.2 Å². The summed E-state index contributed by atoms with van der Waals surface area (Å²) in [6, 6.07) is 21.0. The van der Waals surface area contributed by atoms with E-state index in [2.05, 4.69) is 21.2 Å². The Balaban J connectivity index is 1.35. The quantitative estimate of drug-likeness (QED) is 0.520. The minimum absolute atomic E-state index is 0.00264. The highest BCUT2D eigenvalue weighted by Crippen LogP contribution is 2.25. The van der Waals surface area contributed by atoms with Crippen LogP contribution in [0.4, 0.5) is 0 Å². The summed E-state index contributed by atoms with van der Waals surface area (Å²) in [7, 11) is 0. The zero-order valence-electron chi connectivity index (χ0n) is 17.4. The molecule has 0 radical (unpaired) electrons. The van der Waals surface area contributed by atoms with Crippen molar-refractivity contribution < 1.29 is 14.3 Å². The van der Waals surface area contributed by atoms with Crippen LogP contribution >= 0.6 is 0 Å². The van der Waals surface area contributed by atoms with Gasteiger partial charge in [-0.25, -0.2) is 10.4 Å². The van der Waals surface area contributed by atoms with Gasteiger partial charge < -0.3 is 14.8 Å². The van der Waals surface area contributed by atoms with Crippen LogP contribution in [0.2, 0.25) is 0 Å². The molecule has 160 valence electrons. The van der Waals surface area contributed by atoms with Gasteiger partial charge in [0.2, 0.25) is 11.8 Å². The first-order valence-corrected chi connectivity index (χ1v) is 10.4. The molecular formula is C24H26N4O3. The fourth-order valence-electron chi connectivity index (χ4n) is 3.55. The normalized spacial score (nSPS) is 17.8. The number of hydrogen-bond acceptors (Lipinski definition) is 6. The molecule has 4 rings (SSSR count). The van der Waals surface area contributed by atoms with E-state index in [0.717, 1.165) is 16.9 Å². The van der Waals surface area contributed by atoms with E-state index in [4.69, 9.17) is 9.47 Å². The Morgan fingerprint density at radius 1 is 1.10 bits per heavy atom. The zero-order valence-corrected chi connectivity index (χ0v) is 17.4. The maximum absolute atomic E-state index is 12.8. The summed E-state index contributed by atoms with van der Waals surface area (Å²) in [6.45, 7) is 3.54. The third-order valence-electron chi connectivity index (χ3n) is 5.10. The largest absolute Gasteiger partial charge is 0.494 e.